The predicted molar refractivity (Wildman–Crippen MR) is 119 cm³/mol. The van der Waals surface area contributed by atoms with Crippen molar-refractivity contribution in [2.75, 3.05) is 5.88 Å². The largest absolute Gasteiger partial charge is 0.455 e. The summed E-state index contributed by atoms with van der Waals surface area (Å²) in [5.74, 6) is -2.89. The van der Waals surface area contributed by atoms with E-state index in [1.807, 2.05) is 6.92 Å². The van der Waals surface area contributed by atoms with E-state index in [0.717, 1.165) is 6.08 Å². The Morgan fingerprint density at radius 2 is 2.00 bits per heavy atom. The molecule has 2 N–H and O–H groups in total. The smallest absolute Gasteiger partial charge is 0.306 e. The molecule has 0 heterocycles. The first-order chi connectivity index (χ1) is 15.3. The number of hydrogen-bond acceptors (Lipinski definition) is 5. The van der Waals surface area contributed by atoms with Gasteiger partial charge in [-0.3, -0.25) is 9.59 Å². The molecule has 0 amide bonds. The fourth-order valence-corrected chi connectivity index (χ4v) is 8.15. The Hall–Kier alpha value is -1.31. The molecule has 4 aliphatic rings. The van der Waals surface area contributed by atoms with Gasteiger partial charge in [0, 0.05) is 23.2 Å². The molecule has 10 atom stereocenters. The molecule has 0 aromatic carbocycles. The fraction of sp³-hybridized carbons (Fsp3) is 0.760. The molecular weight excluding hydrogens is 454 g/mol. The van der Waals surface area contributed by atoms with Crippen molar-refractivity contribution >= 4 is 23.4 Å². The monoisotopic (exact) mass is 486 g/mol. The number of alkyl halides is 3. The average molecular weight is 487 g/mol. The summed E-state index contributed by atoms with van der Waals surface area (Å²) in [6, 6.07) is 0. The Balaban J connectivity index is 1.87. The highest BCUT2D eigenvalue weighted by Crippen LogP contribution is 2.72. The Labute approximate surface area is 198 Å². The van der Waals surface area contributed by atoms with Gasteiger partial charge in [0.05, 0.1) is 12.0 Å². The van der Waals surface area contributed by atoms with Crippen LogP contribution < -0.4 is 0 Å². The molecule has 0 saturated heterocycles. The molecule has 0 aromatic heterocycles. The maximum Gasteiger partial charge on any atom is 0.306 e. The van der Waals surface area contributed by atoms with E-state index in [-0.39, 0.29) is 30.7 Å². The minimum Gasteiger partial charge on any atom is -0.455 e. The number of aliphatic hydroxyl groups is 2. The van der Waals surface area contributed by atoms with E-state index in [1.165, 1.54) is 12.2 Å². The van der Waals surface area contributed by atoms with Crippen molar-refractivity contribution in [1.82, 2.24) is 0 Å². The van der Waals surface area contributed by atoms with Gasteiger partial charge in [0.25, 0.3) is 0 Å². The van der Waals surface area contributed by atoms with E-state index in [0.29, 0.717) is 6.42 Å². The molecule has 33 heavy (non-hydrogen) atoms. The van der Waals surface area contributed by atoms with Crippen molar-refractivity contribution in [3.63, 3.8) is 0 Å². The fourth-order valence-electron chi connectivity index (χ4n) is 7.93. The van der Waals surface area contributed by atoms with Crippen molar-refractivity contribution in [3.05, 3.63) is 23.8 Å². The molecule has 0 spiro atoms. The zero-order chi connectivity index (χ0) is 24.6. The van der Waals surface area contributed by atoms with Crippen LogP contribution in [0.3, 0.4) is 0 Å². The number of aliphatic hydroxyl groups excluding tert-OH is 2. The number of carbonyl (C=O) groups excluding carboxylic acids is 2. The van der Waals surface area contributed by atoms with E-state index in [9.17, 15) is 19.8 Å². The van der Waals surface area contributed by atoms with E-state index < -0.39 is 70.0 Å². The number of hydrogen-bond donors (Lipinski definition) is 2. The molecule has 4 aliphatic carbocycles. The minimum atomic E-state index is -2.22. The summed E-state index contributed by atoms with van der Waals surface area (Å²) in [6.45, 7) is 6.81. The SMILES string of the molecule is CCC(=O)OC1([C@@H](O)CCl)[C@@H](C)CC2C3C[C@H](F)C4=CC(=O)C=CC4(C)[C@@]3(F)[C@@H](O)CC21C. The Morgan fingerprint density at radius 1 is 1.33 bits per heavy atom. The van der Waals surface area contributed by atoms with Crippen LogP contribution in [0.2, 0.25) is 0 Å². The summed E-state index contributed by atoms with van der Waals surface area (Å²) in [7, 11) is 0. The van der Waals surface area contributed by atoms with Crippen LogP contribution in [0, 0.1) is 28.6 Å². The topological polar surface area (TPSA) is 83.8 Å². The molecule has 0 aliphatic heterocycles. The minimum absolute atomic E-state index is 0.0620. The van der Waals surface area contributed by atoms with Crippen molar-refractivity contribution in [1.29, 1.82) is 0 Å². The van der Waals surface area contributed by atoms with E-state index in [1.54, 1.807) is 20.8 Å². The molecule has 0 bridgehead atoms. The van der Waals surface area contributed by atoms with Crippen molar-refractivity contribution < 1.29 is 33.3 Å². The second-order valence-electron chi connectivity index (χ2n) is 10.8. The molecule has 8 heteroatoms. The van der Waals surface area contributed by atoms with Gasteiger partial charge in [-0.2, -0.15) is 0 Å². The lowest BCUT2D eigenvalue weighted by atomic mass is 9.44. The summed E-state index contributed by atoms with van der Waals surface area (Å²) in [5, 5.41) is 22.5. The second-order valence-corrected chi connectivity index (χ2v) is 11.1. The highest BCUT2D eigenvalue weighted by atomic mass is 35.5. The van der Waals surface area contributed by atoms with Gasteiger partial charge in [0.15, 0.2) is 11.5 Å². The Bertz CT molecular complexity index is 922. The molecule has 4 rings (SSSR count). The van der Waals surface area contributed by atoms with Crippen LogP contribution in [0.15, 0.2) is 23.8 Å². The highest BCUT2D eigenvalue weighted by Gasteiger charge is 2.77. The van der Waals surface area contributed by atoms with Crippen LogP contribution in [0.25, 0.3) is 0 Å². The van der Waals surface area contributed by atoms with Gasteiger partial charge >= 0.3 is 5.97 Å². The summed E-state index contributed by atoms with van der Waals surface area (Å²) >= 11 is 6.07. The summed E-state index contributed by atoms with van der Waals surface area (Å²) < 4.78 is 38.7. The number of allylic oxidation sites excluding steroid dienone is 4. The normalized spacial score (nSPS) is 49.5. The van der Waals surface area contributed by atoms with Crippen LogP contribution in [-0.2, 0) is 14.3 Å². The van der Waals surface area contributed by atoms with E-state index in [4.69, 9.17) is 16.3 Å². The lowest BCUT2D eigenvalue weighted by molar-refractivity contribution is -0.250. The molecule has 5 unspecified atom stereocenters. The number of ketones is 1. The summed E-state index contributed by atoms with van der Waals surface area (Å²) in [5.41, 5.74) is -6.11. The second kappa shape index (κ2) is 7.85. The van der Waals surface area contributed by atoms with E-state index in [2.05, 4.69) is 0 Å². The summed E-state index contributed by atoms with van der Waals surface area (Å²) in [4.78, 5) is 24.4. The maximum absolute atomic E-state index is 17.2. The Kier molecular flexibility index (Phi) is 5.90. The number of esters is 1. The van der Waals surface area contributed by atoms with Gasteiger partial charge in [-0.05, 0) is 55.7 Å². The molecule has 0 aromatic rings. The summed E-state index contributed by atoms with van der Waals surface area (Å²) in [6.07, 6.45) is -0.348. The van der Waals surface area contributed by atoms with Crippen LogP contribution in [-0.4, -0.2) is 57.5 Å². The van der Waals surface area contributed by atoms with Crippen LogP contribution in [0.5, 0.6) is 0 Å². The van der Waals surface area contributed by atoms with Crippen molar-refractivity contribution in [2.45, 2.75) is 83.0 Å². The average Bonchev–Trinajstić information content (AvgIpc) is 2.98. The van der Waals surface area contributed by atoms with Gasteiger partial charge in [-0.1, -0.05) is 26.8 Å². The van der Waals surface area contributed by atoms with Crippen LogP contribution in [0.1, 0.15) is 53.4 Å². The third kappa shape index (κ3) is 2.94. The van der Waals surface area contributed by atoms with Crippen LogP contribution >= 0.6 is 11.6 Å². The van der Waals surface area contributed by atoms with Crippen molar-refractivity contribution in [2.24, 2.45) is 28.6 Å². The highest BCUT2D eigenvalue weighted by molar-refractivity contribution is 6.18. The molecular formula is C25H33ClF2O5. The molecule has 184 valence electrons. The van der Waals surface area contributed by atoms with Crippen LogP contribution in [0.4, 0.5) is 8.78 Å². The lowest BCUT2D eigenvalue weighted by Gasteiger charge is -2.63. The Morgan fingerprint density at radius 3 is 2.61 bits per heavy atom. The quantitative estimate of drug-likeness (QED) is 0.466. The molecule has 5 nitrogen and oxygen atoms in total. The first kappa shape index (κ1) is 24.8. The van der Waals surface area contributed by atoms with Crippen molar-refractivity contribution in [3.8, 4) is 0 Å². The number of ether oxygens (including phenoxy) is 1. The van der Waals surface area contributed by atoms with Gasteiger partial charge in [0.1, 0.15) is 17.9 Å². The number of halogens is 3. The molecule has 3 fully saturated rings. The number of fused-ring (bicyclic) bond motifs is 5. The zero-order valence-corrected chi connectivity index (χ0v) is 20.2. The first-order valence-corrected chi connectivity index (χ1v) is 12.3. The number of carbonyl (C=O) groups is 2. The molecule has 3 saturated carbocycles. The first-order valence-electron chi connectivity index (χ1n) is 11.8. The third-order valence-corrected chi connectivity index (χ3v) is 9.76. The van der Waals surface area contributed by atoms with E-state index >= 15 is 8.78 Å². The van der Waals surface area contributed by atoms with Gasteiger partial charge < -0.3 is 14.9 Å². The molecule has 0 radical (unpaired) electrons. The van der Waals surface area contributed by atoms with Gasteiger partial charge in [-0.15, -0.1) is 11.6 Å². The lowest BCUT2D eigenvalue weighted by Crippen LogP contribution is -2.71. The van der Waals surface area contributed by atoms with Gasteiger partial charge in [0.2, 0.25) is 0 Å². The predicted octanol–water partition coefficient (Wildman–Crippen LogP) is 3.84. The number of rotatable bonds is 4. The standard InChI is InChI=1S/C25H33ClF2O5/c1-5-21(32)33-25(20(31)12-26)13(2)8-15-16-10-18(27)17-9-14(29)6-7-22(17,3)24(16,28)19(30)11-23(15,25)4/h6-7,9,13,15-16,18-20,30-31H,5,8,10-12H2,1-4H3/t13-,15?,16?,18-,19-,20-,22?,23?,24-,25?/m0/s1. The maximum atomic E-state index is 17.2. The third-order valence-electron chi connectivity index (χ3n) is 9.46. The van der Waals surface area contributed by atoms with Gasteiger partial charge in [-0.25, -0.2) is 8.78 Å². The zero-order valence-electron chi connectivity index (χ0n) is 19.5.